The van der Waals surface area contributed by atoms with Gasteiger partial charge in [-0.25, -0.2) is 13.4 Å². The van der Waals surface area contributed by atoms with Gasteiger partial charge >= 0.3 is 0 Å². The van der Waals surface area contributed by atoms with Crippen LogP contribution in [0, 0.1) is 13.8 Å². The number of halogens is 1. The van der Waals surface area contributed by atoms with Gasteiger partial charge < -0.3 is 19.4 Å². The minimum Gasteiger partial charge on any atom is -0.497 e. The summed E-state index contributed by atoms with van der Waals surface area (Å²) in [5, 5.41) is 0.460. The molecule has 0 saturated carbocycles. The monoisotopic (exact) mass is 629 g/mol. The molecule has 0 radical (unpaired) electrons. The maximum absolute atomic E-state index is 13.8. The molecule has 2 saturated heterocycles. The van der Waals surface area contributed by atoms with E-state index in [1.165, 1.54) is 0 Å². The highest BCUT2D eigenvalue weighted by Crippen LogP contribution is 2.32. The van der Waals surface area contributed by atoms with Crippen LogP contribution in [0.4, 0.5) is 0 Å². The average molecular weight is 630 g/mol. The number of aryl methyl sites for hydroxylation is 2. The lowest BCUT2D eigenvalue weighted by Gasteiger charge is -2.36. The Kier molecular flexibility index (Phi) is 10.1. The molecule has 10 nitrogen and oxygen atoms in total. The second-order valence-corrected chi connectivity index (χ2v) is 13.4. The number of carbonyl (C=O) groups excluding carboxylic acids is 1. The molecule has 3 aromatic rings. The van der Waals surface area contributed by atoms with Crippen molar-refractivity contribution in [2.45, 2.75) is 50.6 Å². The first-order valence-corrected chi connectivity index (χ1v) is 16.5. The number of piperidine rings is 1. The number of piperazine rings is 1. The molecule has 0 spiro atoms. The third-order valence-corrected chi connectivity index (χ3v) is 10.8. The van der Waals surface area contributed by atoms with Crippen LogP contribution in [0.5, 0.6) is 5.75 Å². The molecule has 43 heavy (non-hydrogen) atoms. The van der Waals surface area contributed by atoms with Gasteiger partial charge in [0.05, 0.1) is 24.3 Å². The summed E-state index contributed by atoms with van der Waals surface area (Å²) in [5.41, 5.74) is 3.15. The number of imidazole rings is 1. The van der Waals surface area contributed by atoms with Crippen molar-refractivity contribution in [3.63, 3.8) is 0 Å². The van der Waals surface area contributed by atoms with Crippen LogP contribution in [0.1, 0.15) is 36.1 Å². The Morgan fingerprint density at radius 2 is 1.74 bits per heavy atom. The molecule has 1 aromatic heterocycles. The second-order valence-electron chi connectivity index (χ2n) is 11.2. The zero-order chi connectivity index (χ0) is 30.6. The number of aromatic amines is 1. The van der Waals surface area contributed by atoms with E-state index in [-0.39, 0.29) is 25.2 Å². The van der Waals surface area contributed by atoms with Gasteiger partial charge in [0.25, 0.3) is 0 Å². The normalized spacial score (nSPS) is 18.6. The van der Waals surface area contributed by atoms with Crippen LogP contribution in [-0.2, 0) is 26.1 Å². The van der Waals surface area contributed by atoms with Gasteiger partial charge in [-0.1, -0.05) is 48.4 Å². The Bertz CT molecular complexity index is 1500. The summed E-state index contributed by atoms with van der Waals surface area (Å²) >= 11 is 6.42. The smallest absolute Gasteiger partial charge is 0.248 e. The Balaban J connectivity index is 1.12. The van der Waals surface area contributed by atoms with E-state index in [0.29, 0.717) is 72.6 Å². The number of nitrogens with zero attached hydrogens (tertiary/aromatic N) is 4. The minimum atomic E-state index is -3.74. The molecule has 2 fully saturated rings. The Morgan fingerprint density at radius 1 is 1.05 bits per heavy atom. The fourth-order valence-corrected chi connectivity index (χ4v) is 8.27. The van der Waals surface area contributed by atoms with Crippen molar-refractivity contribution in [1.29, 1.82) is 0 Å². The molecule has 1 N–H and O–H groups in total. The first kappa shape index (κ1) is 31.5. The zero-order valence-corrected chi connectivity index (χ0v) is 26.6. The number of hydrogen-bond donors (Lipinski definition) is 1. The standard InChI is InChI=1S/C31H40ClN5O5S/c1-22-17-26(41-3)18-23(2)29(22)43(39,40)37-12-8-7-11-25(37)20-42-21-28(38)36-15-13-35(14-16-36)19-27-30(32)34-31(33-27)24-9-5-4-6-10-24/h4-6,9-10,17-18,25H,7-8,11-16,19-21H2,1-3H3,(H,33,34). The third kappa shape index (κ3) is 7.24. The number of carbonyl (C=O) groups is 1. The van der Waals surface area contributed by atoms with Gasteiger partial charge in [-0.05, 0) is 49.9 Å². The average Bonchev–Trinajstić information content (AvgIpc) is 3.37. The van der Waals surface area contributed by atoms with Crippen molar-refractivity contribution in [1.82, 2.24) is 24.1 Å². The number of hydrogen-bond acceptors (Lipinski definition) is 7. The van der Waals surface area contributed by atoms with Gasteiger partial charge in [0.1, 0.15) is 18.2 Å². The molecule has 3 heterocycles. The topological polar surface area (TPSA) is 108 Å². The Labute approximate surface area is 259 Å². The molecule has 232 valence electrons. The van der Waals surface area contributed by atoms with E-state index < -0.39 is 10.0 Å². The summed E-state index contributed by atoms with van der Waals surface area (Å²) in [6.45, 7) is 7.33. The minimum absolute atomic E-state index is 0.0716. The molecule has 1 unspecified atom stereocenters. The molecule has 2 aliphatic heterocycles. The van der Waals surface area contributed by atoms with Gasteiger partial charge in [0.2, 0.25) is 15.9 Å². The summed E-state index contributed by atoms with van der Waals surface area (Å²) in [7, 11) is -2.17. The van der Waals surface area contributed by atoms with Gasteiger partial charge in [-0.3, -0.25) is 9.69 Å². The van der Waals surface area contributed by atoms with E-state index in [0.717, 1.165) is 29.9 Å². The Hall–Kier alpha value is -2.96. The highest BCUT2D eigenvalue weighted by atomic mass is 35.5. The highest BCUT2D eigenvalue weighted by Gasteiger charge is 2.36. The van der Waals surface area contributed by atoms with E-state index in [1.54, 1.807) is 42.3 Å². The summed E-state index contributed by atoms with van der Waals surface area (Å²) in [4.78, 5) is 25.1. The molecule has 2 aromatic carbocycles. The number of amides is 1. The maximum atomic E-state index is 13.8. The van der Waals surface area contributed by atoms with E-state index in [2.05, 4.69) is 14.9 Å². The van der Waals surface area contributed by atoms with Crippen molar-refractivity contribution >= 4 is 27.5 Å². The lowest BCUT2D eigenvalue weighted by molar-refractivity contribution is -0.138. The lowest BCUT2D eigenvalue weighted by Crippen LogP contribution is -2.50. The molecule has 2 aliphatic rings. The summed E-state index contributed by atoms with van der Waals surface area (Å²) in [6.07, 6.45) is 2.41. The number of benzene rings is 2. The molecular weight excluding hydrogens is 590 g/mol. The maximum Gasteiger partial charge on any atom is 0.248 e. The van der Waals surface area contributed by atoms with Gasteiger partial charge in [-0.15, -0.1) is 0 Å². The molecule has 0 bridgehead atoms. The number of nitrogens with one attached hydrogen (secondary N) is 1. The van der Waals surface area contributed by atoms with E-state index >= 15 is 0 Å². The molecular formula is C31H40ClN5O5S. The van der Waals surface area contributed by atoms with Crippen LogP contribution < -0.4 is 4.74 Å². The number of H-pyrrole nitrogens is 1. The molecule has 5 rings (SSSR count). The quantitative estimate of drug-likeness (QED) is 0.357. The van der Waals surface area contributed by atoms with Gasteiger partial charge in [0, 0.05) is 50.9 Å². The van der Waals surface area contributed by atoms with Crippen LogP contribution in [0.15, 0.2) is 47.4 Å². The second kappa shape index (κ2) is 13.8. The fourth-order valence-electron chi connectivity index (χ4n) is 5.99. The van der Waals surface area contributed by atoms with Crippen molar-refractivity contribution in [3.8, 4) is 17.1 Å². The van der Waals surface area contributed by atoms with Crippen LogP contribution >= 0.6 is 11.6 Å². The molecule has 1 amide bonds. The van der Waals surface area contributed by atoms with Crippen LogP contribution in [0.3, 0.4) is 0 Å². The molecule has 0 aliphatic carbocycles. The molecule has 12 heteroatoms. The first-order chi connectivity index (χ1) is 20.7. The largest absolute Gasteiger partial charge is 0.497 e. The van der Waals surface area contributed by atoms with Crippen LogP contribution in [0.25, 0.3) is 11.4 Å². The summed E-state index contributed by atoms with van der Waals surface area (Å²) < 4.78 is 40.3. The van der Waals surface area contributed by atoms with E-state index in [1.807, 2.05) is 30.3 Å². The highest BCUT2D eigenvalue weighted by molar-refractivity contribution is 7.89. The SMILES string of the molecule is COc1cc(C)c(S(=O)(=O)N2CCCCC2COCC(=O)N2CCN(Cc3[nH]c(-c4ccccc4)nc3Cl)CC2)c(C)c1. The lowest BCUT2D eigenvalue weighted by atomic mass is 10.1. The van der Waals surface area contributed by atoms with Crippen molar-refractivity contribution in [3.05, 3.63) is 64.4 Å². The van der Waals surface area contributed by atoms with Gasteiger partial charge in [-0.2, -0.15) is 4.31 Å². The first-order valence-electron chi connectivity index (χ1n) is 14.7. The van der Waals surface area contributed by atoms with Crippen LogP contribution in [0.2, 0.25) is 5.15 Å². The zero-order valence-electron chi connectivity index (χ0n) is 25.0. The number of sulfonamides is 1. The third-order valence-electron chi connectivity index (χ3n) is 8.23. The fraction of sp³-hybridized carbons (Fsp3) is 0.484. The summed E-state index contributed by atoms with van der Waals surface area (Å²) in [6, 6.07) is 13.0. The molecule has 1 atom stereocenters. The number of rotatable bonds is 10. The predicted molar refractivity (Wildman–Crippen MR) is 166 cm³/mol. The van der Waals surface area contributed by atoms with Gasteiger partial charge in [0.15, 0.2) is 5.15 Å². The number of methoxy groups -OCH3 is 1. The summed E-state index contributed by atoms with van der Waals surface area (Å²) in [5.74, 6) is 1.29. The van der Waals surface area contributed by atoms with Crippen LogP contribution in [-0.4, -0.2) is 97.5 Å². The van der Waals surface area contributed by atoms with E-state index in [4.69, 9.17) is 21.1 Å². The number of aromatic nitrogens is 2. The van der Waals surface area contributed by atoms with Crippen molar-refractivity contribution < 1.29 is 22.7 Å². The van der Waals surface area contributed by atoms with E-state index in [9.17, 15) is 13.2 Å². The number of ether oxygens (including phenoxy) is 2. The van der Waals surface area contributed by atoms with Crippen molar-refractivity contribution in [2.24, 2.45) is 0 Å². The Morgan fingerprint density at radius 3 is 2.42 bits per heavy atom. The van der Waals surface area contributed by atoms with Crippen molar-refractivity contribution in [2.75, 3.05) is 53.0 Å². The predicted octanol–water partition coefficient (Wildman–Crippen LogP) is 4.26.